The third-order valence-corrected chi connectivity index (χ3v) is 11.7. The summed E-state index contributed by atoms with van der Waals surface area (Å²) in [7, 11) is 0. The predicted molar refractivity (Wildman–Crippen MR) is 176 cm³/mol. The lowest BCUT2D eigenvalue weighted by molar-refractivity contribution is -0.362. The van der Waals surface area contributed by atoms with Gasteiger partial charge in [-0.15, -0.1) is 0 Å². The number of rotatable bonds is 5. The average Bonchev–Trinajstić information content (AvgIpc) is 3.77. The number of halogens is 4. The topological polar surface area (TPSA) is 122 Å². The Bertz CT molecular complexity index is 1670. The van der Waals surface area contributed by atoms with Crippen molar-refractivity contribution < 1.29 is 47.1 Å². The maximum atomic E-state index is 15.0. The number of benzene rings is 2. The fourth-order valence-electron chi connectivity index (χ4n) is 8.60. The van der Waals surface area contributed by atoms with Gasteiger partial charge in [-0.1, -0.05) is 0 Å². The minimum atomic E-state index is -1.44. The summed E-state index contributed by atoms with van der Waals surface area (Å²) in [6.07, 6.45) is 5.04. The van der Waals surface area contributed by atoms with Gasteiger partial charge in [0.1, 0.15) is 17.5 Å². The number of aliphatic hydroxyl groups is 1. The first-order chi connectivity index (χ1) is 23.5. The van der Waals surface area contributed by atoms with Crippen LogP contribution < -0.4 is 10.6 Å². The fraction of sp³-hybridized carbons (Fsp3) is 0.588. The molecule has 6 fully saturated rings. The Labute approximate surface area is 294 Å². The van der Waals surface area contributed by atoms with Crippen LogP contribution in [0.15, 0.2) is 30.3 Å². The fourth-order valence-corrected chi connectivity index (χ4v) is 9.05. The Kier molecular flexibility index (Phi) is 8.54. The van der Waals surface area contributed by atoms with Gasteiger partial charge in [0.05, 0.1) is 36.1 Å². The Hall–Kier alpha value is -2.70. The monoisotopic (exact) mass is 798 g/mol. The molecule has 4 heterocycles. The molecule has 2 saturated carbocycles. The number of hydrogen-bond donors (Lipinski definition) is 3. The van der Waals surface area contributed by atoms with E-state index in [2.05, 4.69) is 10.6 Å². The summed E-state index contributed by atoms with van der Waals surface area (Å²) >= 11 is 1.92. The van der Waals surface area contributed by atoms with Gasteiger partial charge in [-0.05, 0) is 91.4 Å². The molecule has 264 valence electrons. The molecule has 15 heteroatoms. The van der Waals surface area contributed by atoms with E-state index in [0.29, 0.717) is 41.8 Å². The van der Waals surface area contributed by atoms with Crippen LogP contribution in [0.5, 0.6) is 0 Å². The number of piperidine rings is 2. The lowest BCUT2D eigenvalue weighted by Crippen LogP contribution is -2.73. The number of fused-ring (bicyclic) bond motifs is 3. The van der Waals surface area contributed by atoms with E-state index >= 15 is 4.39 Å². The minimum absolute atomic E-state index is 0.125. The van der Waals surface area contributed by atoms with E-state index in [0.717, 1.165) is 50.8 Å². The lowest BCUT2D eigenvalue weighted by atomic mass is 9.80. The molecule has 4 saturated heterocycles. The molecule has 4 aliphatic heterocycles. The minimum Gasteiger partial charge on any atom is -0.446 e. The summed E-state index contributed by atoms with van der Waals surface area (Å²) in [6, 6.07) is 5.87. The van der Waals surface area contributed by atoms with Crippen LogP contribution in [0, 0.1) is 26.9 Å². The Morgan fingerprint density at radius 1 is 1.04 bits per heavy atom. The number of carbonyl (C=O) groups is 2. The third kappa shape index (κ3) is 5.97. The Morgan fingerprint density at radius 2 is 1.88 bits per heavy atom. The molecular formula is C34H38F3IN4O7. The summed E-state index contributed by atoms with van der Waals surface area (Å²) in [5, 5.41) is 17.7. The number of likely N-dealkylation sites (tertiary alicyclic amines) is 2. The van der Waals surface area contributed by atoms with E-state index in [1.54, 1.807) is 11.0 Å². The molecule has 2 amide bonds. The van der Waals surface area contributed by atoms with Gasteiger partial charge < -0.3 is 35.0 Å². The SMILES string of the molecule is O=C(c1ccc(F)c(F)c1Nc1ccc(I)cc1F)N1CC(O)(C2CCCCN2C(=O)OC2CCCC3(C2)OOC2(CC4CC2CN4)O3)C1. The number of β-amino-alcohol motifs (C(OH)–C–C–N with tert-alkyl or cyclic N) is 1. The quantitative estimate of drug-likeness (QED) is 0.273. The predicted octanol–water partition coefficient (Wildman–Crippen LogP) is 5.33. The van der Waals surface area contributed by atoms with Gasteiger partial charge >= 0.3 is 6.09 Å². The van der Waals surface area contributed by atoms with Crippen LogP contribution >= 0.6 is 22.6 Å². The van der Waals surface area contributed by atoms with Crippen molar-refractivity contribution >= 4 is 46.0 Å². The first-order valence-corrected chi connectivity index (χ1v) is 18.0. The van der Waals surface area contributed by atoms with Crippen LogP contribution in [0.3, 0.4) is 0 Å². The van der Waals surface area contributed by atoms with Crippen LogP contribution in [-0.2, 0) is 19.2 Å². The highest BCUT2D eigenvalue weighted by molar-refractivity contribution is 14.1. The smallest absolute Gasteiger partial charge is 0.410 e. The molecule has 2 aliphatic carbocycles. The van der Waals surface area contributed by atoms with Crippen molar-refractivity contribution in [2.75, 3.05) is 31.5 Å². The van der Waals surface area contributed by atoms with Crippen molar-refractivity contribution in [2.45, 2.75) is 93.2 Å². The summed E-state index contributed by atoms with van der Waals surface area (Å²) in [5.41, 5.74) is -2.28. The molecule has 8 rings (SSSR count). The van der Waals surface area contributed by atoms with Crippen LogP contribution in [-0.4, -0.2) is 88.4 Å². The number of carbonyl (C=O) groups excluding carboxylic acids is 2. The van der Waals surface area contributed by atoms with Crippen LogP contribution in [0.2, 0.25) is 0 Å². The highest BCUT2D eigenvalue weighted by Gasteiger charge is 2.64. The van der Waals surface area contributed by atoms with Gasteiger partial charge in [-0.2, -0.15) is 9.78 Å². The third-order valence-electron chi connectivity index (χ3n) is 11.0. The number of ether oxygens (including phenoxy) is 2. The molecular weight excluding hydrogens is 760 g/mol. The van der Waals surface area contributed by atoms with Gasteiger partial charge in [0.2, 0.25) is 11.6 Å². The summed E-state index contributed by atoms with van der Waals surface area (Å²) in [5.74, 6) is -5.41. The summed E-state index contributed by atoms with van der Waals surface area (Å²) in [6.45, 7) is 0.922. The van der Waals surface area contributed by atoms with Crippen molar-refractivity contribution in [1.82, 2.24) is 15.1 Å². The average molecular weight is 799 g/mol. The first-order valence-electron chi connectivity index (χ1n) is 17.0. The number of hydrogen-bond acceptors (Lipinski definition) is 9. The number of nitrogens with one attached hydrogen (secondary N) is 2. The maximum Gasteiger partial charge on any atom is 0.410 e. The first kappa shape index (κ1) is 33.4. The molecule has 6 unspecified atom stereocenters. The second-order valence-corrected chi connectivity index (χ2v) is 15.6. The zero-order valence-corrected chi connectivity index (χ0v) is 28.8. The highest BCUT2D eigenvalue weighted by Crippen LogP contribution is 2.53. The molecule has 0 radical (unpaired) electrons. The standard InChI is InChI=1S/C34H38F3IN4O7/c35-24-8-7-23(29(28(24)37)40-26-9-6-20(38)13-25(26)36)30(43)41-17-32(45,18-41)27-5-1-2-11-42(27)31(44)46-22-4-3-10-33(15-22)47-34(49-48-33)14-21-12-19(34)16-39-21/h6-9,13,19,21-22,27,39-40,45H,1-5,10-12,14-18H2. The van der Waals surface area contributed by atoms with Gasteiger partial charge in [-0.25, -0.2) is 18.0 Å². The molecule has 2 aromatic carbocycles. The molecule has 0 aromatic heterocycles. The molecule has 2 aromatic rings. The Balaban J connectivity index is 0.927. The van der Waals surface area contributed by atoms with Gasteiger partial charge in [0.25, 0.3) is 5.91 Å². The number of amides is 2. The zero-order valence-electron chi connectivity index (χ0n) is 26.7. The van der Waals surface area contributed by atoms with Gasteiger partial charge in [0, 0.05) is 47.9 Å². The summed E-state index contributed by atoms with van der Waals surface area (Å²) in [4.78, 5) is 41.8. The van der Waals surface area contributed by atoms with E-state index in [1.165, 1.54) is 17.0 Å². The summed E-state index contributed by atoms with van der Waals surface area (Å²) < 4.78 is 57.1. The largest absolute Gasteiger partial charge is 0.446 e. The van der Waals surface area contributed by atoms with Crippen molar-refractivity contribution in [3.8, 4) is 0 Å². The molecule has 49 heavy (non-hydrogen) atoms. The van der Waals surface area contributed by atoms with Crippen LogP contribution in [0.4, 0.5) is 29.3 Å². The second kappa shape index (κ2) is 12.5. The van der Waals surface area contributed by atoms with E-state index in [4.69, 9.17) is 19.2 Å². The molecule has 11 nitrogen and oxygen atoms in total. The maximum absolute atomic E-state index is 15.0. The molecule has 3 N–H and O–H groups in total. The van der Waals surface area contributed by atoms with Crippen LogP contribution in [0.25, 0.3) is 0 Å². The zero-order chi connectivity index (χ0) is 34.1. The normalized spacial score (nSPS) is 33.2. The van der Waals surface area contributed by atoms with Crippen LogP contribution in [0.1, 0.15) is 68.1 Å². The van der Waals surface area contributed by atoms with Crippen molar-refractivity contribution in [3.05, 3.63) is 56.9 Å². The molecule has 2 spiro atoms. The van der Waals surface area contributed by atoms with E-state index in [9.17, 15) is 23.5 Å². The number of anilines is 2. The molecule has 6 aliphatic rings. The molecule has 2 bridgehead atoms. The Morgan fingerprint density at radius 3 is 2.63 bits per heavy atom. The van der Waals surface area contributed by atoms with Crippen molar-refractivity contribution in [2.24, 2.45) is 5.92 Å². The second-order valence-electron chi connectivity index (χ2n) is 14.3. The lowest BCUT2D eigenvalue weighted by Gasteiger charge is -2.54. The van der Waals surface area contributed by atoms with Crippen molar-refractivity contribution in [3.63, 3.8) is 0 Å². The van der Waals surface area contributed by atoms with Crippen molar-refractivity contribution in [1.29, 1.82) is 0 Å². The number of nitrogens with zero attached hydrogens (tertiary/aromatic N) is 2. The van der Waals surface area contributed by atoms with E-state index in [-0.39, 0.29) is 30.3 Å². The van der Waals surface area contributed by atoms with E-state index in [1.807, 2.05) is 22.6 Å². The van der Waals surface area contributed by atoms with Gasteiger partial charge in [-0.3, -0.25) is 4.79 Å². The molecule has 6 atom stereocenters. The van der Waals surface area contributed by atoms with Gasteiger partial charge in [0.15, 0.2) is 11.6 Å². The highest BCUT2D eigenvalue weighted by atomic mass is 127. The van der Waals surface area contributed by atoms with E-state index < -0.39 is 64.5 Å².